The van der Waals surface area contributed by atoms with Crippen LogP contribution in [-0.4, -0.2) is 52.0 Å². The van der Waals surface area contributed by atoms with E-state index in [1.54, 1.807) is 4.90 Å². The van der Waals surface area contributed by atoms with Gasteiger partial charge in [0.25, 0.3) is 5.91 Å². The Morgan fingerprint density at radius 3 is 2.65 bits per heavy atom. The minimum atomic E-state index is -0.105. The molecule has 1 aliphatic rings. The molecule has 1 aromatic carbocycles. The van der Waals surface area contributed by atoms with Gasteiger partial charge in [0.05, 0.1) is 11.7 Å². The predicted molar refractivity (Wildman–Crippen MR) is 103 cm³/mol. The van der Waals surface area contributed by atoms with Gasteiger partial charge < -0.3 is 16.0 Å². The number of nitrogens with one attached hydrogen (secondary N) is 1. The Morgan fingerprint density at radius 1 is 1.31 bits per heavy atom. The Balaban J connectivity index is 0.00000243. The van der Waals surface area contributed by atoms with Crippen molar-refractivity contribution in [1.82, 2.24) is 25.2 Å². The molecule has 0 bridgehead atoms. The third-order valence-electron chi connectivity index (χ3n) is 4.69. The van der Waals surface area contributed by atoms with E-state index in [1.807, 2.05) is 41.9 Å². The minimum absolute atomic E-state index is 0. The molecule has 1 saturated heterocycles. The molecular formula is C18H27ClN6O. The van der Waals surface area contributed by atoms with Gasteiger partial charge in [-0.25, -0.2) is 4.68 Å². The fourth-order valence-corrected chi connectivity index (χ4v) is 3.30. The molecule has 26 heavy (non-hydrogen) atoms. The van der Waals surface area contributed by atoms with Crippen molar-refractivity contribution < 1.29 is 4.79 Å². The van der Waals surface area contributed by atoms with E-state index in [0.717, 1.165) is 37.2 Å². The Hall–Kier alpha value is -1.96. The van der Waals surface area contributed by atoms with Crippen molar-refractivity contribution in [3.63, 3.8) is 0 Å². The third-order valence-corrected chi connectivity index (χ3v) is 4.69. The van der Waals surface area contributed by atoms with Gasteiger partial charge in [-0.2, -0.15) is 0 Å². The maximum atomic E-state index is 13.0. The quantitative estimate of drug-likeness (QED) is 0.795. The van der Waals surface area contributed by atoms with E-state index in [0.29, 0.717) is 31.4 Å². The van der Waals surface area contributed by atoms with Gasteiger partial charge in [0.15, 0.2) is 5.69 Å². The Kier molecular flexibility index (Phi) is 7.56. The van der Waals surface area contributed by atoms with Crippen LogP contribution in [0.5, 0.6) is 0 Å². The van der Waals surface area contributed by atoms with Gasteiger partial charge in [-0.1, -0.05) is 35.5 Å². The normalized spacial score (nSPS) is 14.7. The Labute approximate surface area is 160 Å². The summed E-state index contributed by atoms with van der Waals surface area (Å²) in [6.45, 7) is 5.31. The molecule has 0 saturated carbocycles. The fraction of sp³-hybridized carbons (Fsp3) is 0.500. The number of nitrogens with two attached hydrogens (primary N) is 1. The number of halogens is 1. The number of amides is 1. The van der Waals surface area contributed by atoms with Gasteiger partial charge in [0.1, 0.15) is 0 Å². The Morgan fingerprint density at radius 2 is 2.00 bits per heavy atom. The summed E-state index contributed by atoms with van der Waals surface area (Å²) in [4.78, 5) is 14.7. The summed E-state index contributed by atoms with van der Waals surface area (Å²) in [5, 5.41) is 11.8. The number of piperidine rings is 1. The van der Waals surface area contributed by atoms with Crippen LogP contribution in [-0.2, 0) is 6.54 Å². The van der Waals surface area contributed by atoms with Gasteiger partial charge in [0, 0.05) is 19.6 Å². The first-order chi connectivity index (χ1) is 12.2. The van der Waals surface area contributed by atoms with E-state index in [2.05, 4.69) is 15.6 Å². The minimum Gasteiger partial charge on any atom is -0.332 e. The summed E-state index contributed by atoms with van der Waals surface area (Å²) in [6, 6.07) is 10.2. The number of aromatic nitrogens is 3. The summed E-state index contributed by atoms with van der Waals surface area (Å²) in [5.74, 6) is -0.105. The number of carbonyl (C=O) groups is 1. The summed E-state index contributed by atoms with van der Waals surface area (Å²) in [6.07, 6.45) is 2.02. The molecule has 3 N–H and O–H groups in total. The largest absolute Gasteiger partial charge is 0.332 e. The van der Waals surface area contributed by atoms with E-state index in [4.69, 9.17) is 5.73 Å². The van der Waals surface area contributed by atoms with Crippen molar-refractivity contribution in [2.75, 3.05) is 26.2 Å². The van der Waals surface area contributed by atoms with E-state index in [9.17, 15) is 4.79 Å². The average molecular weight is 379 g/mol. The molecule has 7 nitrogen and oxygen atoms in total. The molecule has 0 spiro atoms. The average Bonchev–Trinajstić information content (AvgIpc) is 3.04. The first-order valence-corrected chi connectivity index (χ1v) is 8.86. The van der Waals surface area contributed by atoms with Crippen molar-refractivity contribution in [2.24, 2.45) is 5.73 Å². The molecule has 1 aliphatic heterocycles. The highest BCUT2D eigenvalue weighted by atomic mass is 35.5. The highest BCUT2D eigenvalue weighted by Gasteiger charge is 2.25. The maximum absolute atomic E-state index is 13.0. The van der Waals surface area contributed by atoms with Gasteiger partial charge in [-0.15, -0.1) is 17.5 Å². The molecule has 3 rings (SSSR count). The third kappa shape index (κ3) is 4.60. The zero-order valence-corrected chi connectivity index (χ0v) is 15.9. The van der Waals surface area contributed by atoms with Crippen LogP contribution < -0.4 is 11.1 Å². The van der Waals surface area contributed by atoms with Crippen LogP contribution in [0.1, 0.15) is 40.6 Å². The SMILES string of the molecule is Cc1c(C(=O)N(CCN)Cc2ccccc2)nnn1C1CCNCC1.Cl. The number of carbonyl (C=O) groups excluding carboxylic acids is 1. The molecular weight excluding hydrogens is 352 g/mol. The first-order valence-electron chi connectivity index (χ1n) is 8.86. The van der Waals surface area contributed by atoms with Crippen LogP contribution in [0.15, 0.2) is 30.3 Å². The zero-order chi connectivity index (χ0) is 17.6. The molecule has 142 valence electrons. The molecule has 2 aromatic rings. The van der Waals surface area contributed by atoms with E-state index < -0.39 is 0 Å². The van der Waals surface area contributed by atoms with Crippen LogP contribution in [0.25, 0.3) is 0 Å². The summed E-state index contributed by atoms with van der Waals surface area (Å²) < 4.78 is 1.91. The number of benzene rings is 1. The second kappa shape index (κ2) is 9.66. The molecule has 1 aromatic heterocycles. The Bertz CT molecular complexity index is 699. The van der Waals surface area contributed by atoms with Crippen molar-refractivity contribution in [3.05, 3.63) is 47.3 Å². The second-order valence-electron chi connectivity index (χ2n) is 6.45. The van der Waals surface area contributed by atoms with Gasteiger partial charge >= 0.3 is 0 Å². The van der Waals surface area contributed by atoms with Crippen LogP contribution in [0.4, 0.5) is 0 Å². The molecule has 8 heteroatoms. The van der Waals surface area contributed by atoms with Crippen molar-refractivity contribution >= 4 is 18.3 Å². The monoisotopic (exact) mass is 378 g/mol. The number of hydrogen-bond donors (Lipinski definition) is 2. The highest BCUT2D eigenvalue weighted by molar-refractivity contribution is 5.93. The van der Waals surface area contributed by atoms with Crippen LogP contribution >= 0.6 is 12.4 Å². The smallest absolute Gasteiger partial charge is 0.276 e. The van der Waals surface area contributed by atoms with Gasteiger partial charge in [-0.05, 0) is 38.4 Å². The highest BCUT2D eigenvalue weighted by Crippen LogP contribution is 2.21. The van der Waals surface area contributed by atoms with Crippen LogP contribution in [0.3, 0.4) is 0 Å². The van der Waals surface area contributed by atoms with Crippen molar-refractivity contribution in [1.29, 1.82) is 0 Å². The maximum Gasteiger partial charge on any atom is 0.276 e. The van der Waals surface area contributed by atoms with Crippen LogP contribution in [0.2, 0.25) is 0 Å². The first kappa shape index (κ1) is 20.4. The zero-order valence-electron chi connectivity index (χ0n) is 15.1. The lowest BCUT2D eigenvalue weighted by molar-refractivity contribution is 0.0741. The topological polar surface area (TPSA) is 89.1 Å². The van der Waals surface area contributed by atoms with E-state index in [-0.39, 0.29) is 18.3 Å². The second-order valence-corrected chi connectivity index (χ2v) is 6.45. The summed E-state index contributed by atoms with van der Waals surface area (Å²) in [7, 11) is 0. The molecule has 0 unspecified atom stereocenters. The van der Waals surface area contributed by atoms with Crippen LogP contribution in [0, 0.1) is 6.92 Å². The number of rotatable bonds is 6. The standard InChI is InChI=1S/C18H26N6O.ClH/c1-14-17(21-22-24(14)16-7-10-20-11-8-16)18(25)23(12-9-19)13-15-5-3-2-4-6-15;/h2-6,16,20H,7-13,19H2,1H3;1H. The fourth-order valence-electron chi connectivity index (χ4n) is 3.30. The summed E-state index contributed by atoms with van der Waals surface area (Å²) in [5.41, 5.74) is 8.07. The molecule has 0 atom stereocenters. The van der Waals surface area contributed by atoms with Gasteiger partial charge in [0.2, 0.25) is 0 Å². The molecule has 1 fully saturated rings. The number of nitrogens with zero attached hydrogens (tertiary/aromatic N) is 4. The predicted octanol–water partition coefficient (Wildman–Crippen LogP) is 1.53. The van der Waals surface area contributed by atoms with E-state index in [1.165, 1.54) is 0 Å². The lowest BCUT2D eigenvalue weighted by atomic mass is 10.1. The summed E-state index contributed by atoms with van der Waals surface area (Å²) >= 11 is 0. The molecule has 0 aliphatic carbocycles. The van der Waals surface area contributed by atoms with E-state index >= 15 is 0 Å². The number of hydrogen-bond acceptors (Lipinski definition) is 5. The molecule has 1 amide bonds. The lowest BCUT2D eigenvalue weighted by Gasteiger charge is -2.24. The lowest BCUT2D eigenvalue weighted by Crippen LogP contribution is -2.35. The molecule has 0 radical (unpaired) electrons. The molecule has 2 heterocycles. The van der Waals surface area contributed by atoms with Gasteiger partial charge in [-0.3, -0.25) is 4.79 Å². The van der Waals surface area contributed by atoms with Crippen molar-refractivity contribution in [3.8, 4) is 0 Å². The van der Waals surface area contributed by atoms with Crippen molar-refractivity contribution in [2.45, 2.75) is 32.4 Å².